The number of esters is 1. The predicted molar refractivity (Wildman–Crippen MR) is 90.2 cm³/mol. The lowest BCUT2D eigenvalue weighted by molar-refractivity contribution is -0.143. The fraction of sp³-hybridized carbons (Fsp3) is 0.579. The number of carbonyl (C=O) groups is 2. The molecule has 5 heteroatoms. The van der Waals surface area contributed by atoms with Gasteiger partial charge in [-0.2, -0.15) is 0 Å². The second kappa shape index (κ2) is 7.79. The van der Waals surface area contributed by atoms with Crippen LogP contribution in [0.4, 0.5) is 0 Å². The van der Waals surface area contributed by atoms with Gasteiger partial charge in [0.15, 0.2) is 0 Å². The third-order valence-electron chi connectivity index (χ3n) is 5.04. The number of hydrogen-bond acceptors (Lipinski definition) is 5. The minimum absolute atomic E-state index is 0.106. The van der Waals surface area contributed by atoms with Crippen LogP contribution < -0.4 is 4.74 Å². The number of piperidine rings is 1. The van der Waals surface area contributed by atoms with E-state index in [0.29, 0.717) is 30.7 Å². The fourth-order valence-electron chi connectivity index (χ4n) is 3.96. The summed E-state index contributed by atoms with van der Waals surface area (Å²) in [5, 5.41) is 0. The van der Waals surface area contributed by atoms with Crippen molar-refractivity contribution in [2.24, 2.45) is 0 Å². The van der Waals surface area contributed by atoms with E-state index >= 15 is 0 Å². The summed E-state index contributed by atoms with van der Waals surface area (Å²) in [5.74, 6) is 0.718. The normalized spacial score (nSPS) is 26.1. The molecule has 2 aliphatic rings. The molecule has 0 saturated carbocycles. The number of nitrogens with zero attached hydrogens (tertiary/aromatic N) is 1. The van der Waals surface area contributed by atoms with Gasteiger partial charge in [0.2, 0.25) is 0 Å². The van der Waals surface area contributed by atoms with Crippen molar-refractivity contribution in [3.05, 3.63) is 29.8 Å². The molecule has 1 aromatic rings. The second-order valence-electron chi connectivity index (χ2n) is 6.58. The average molecular weight is 331 g/mol. The molecule has 0 spiro atoms. The minimum Gasteiger partial charge on any atom is -0.490 e. The van der Waals surface area contributed by atoms with Crippen molar-refractivity contribution in [2.45, 2.75) is 57.2 Å². The Hall–Kier alpha value is -1.88. The van der Waals surface area contributed by atoms with E-state index in [1.807, 2.05) is 19.1 Å². The monoisotopic (exact) mass is 331 g/mol. The Morgan fingerprint density at radius 2 is 1.88 bits per heavy atom. The van der Waals surface area contributed by atoms with Gasteiger partial charge in [-0.3, -0.25) is 14.5 Å². The summed E-state index contributed by atoms with van der Waals surface area (Å²) in [7, 11) is 0. The van der Waals surface area contributed by atoms with Gasteiger partial charge >= 0.3 is 5.97 Å². The third-order valence-corrected chi connectivity index (χ3v) is 5.04. The van der Waals surface area contributed by atoms with Crippen LogP contribution in [0, 0.1) is 0 Å². The number of carbonyl (C=O) groups excluding carboxylic acids is 2. The molecule has 2 heterocycles. The van der Waals surface area contributed by atoms with E-state index in [-0.39, 0.29) is 12.1 Å². The van der Waals surface area contributed by atoms with Crippen LogP contribution in [0.3, 0.4) is 0 Å². The van der Waals surface area contributed by atoms with E-state index in [4.69, 9.17) is 9.47 Å². The van der Waals surface area contributed by atoms with Crippen molar-refractivity contribution in [1.82, 2.24) is 4.90 Å². The molecule has 0 N–H and O–H groups in total. The van der Waals surface area contributed by atoms with E-state index in [1.165, 1.54) is 12.8 Å². The van der Waals surface area contributed by atoms with Gasteiger partial charge in [0.05, 0.1) is 13.0 Å². The van der Waals surface area contributed by atoms with Crippen LogP contribution in [0.2, 0.25) is 0 Å². The Balaban J connectivity index is 1.52. The Labute approximate surface area is 142 Å². The largest absolute Gasteiger partial charge is 0.490 e. The zero-order chi connectivity index (χ0) is 16.9. The van der Waals surface area contributed by atoms with Gasteiger partial charge in [0.1, 0.15) is 18.1 Å². The molecule has 0 aromatic heterocycles. The molecule has 5 nitrogen and oxygen atoms in total. The van der Waals surface area contributed by atoms with Crippen LogP contribution in [-0.4, -0.2) is 48.5 Å². The fourth-order valence-corrected chi connectivity index (χ4v) is 3.96. The number of rotatable bonds is 7. The van der Waals surface area contributed by atoms with Crippen molar-refractivity contribution in [3.8, 4) is 5.75 Å². The highest BCUT2D eigenvalue weighted by molar-refractivity contribution is 5.74. The molecule has 1 aromatic carbocycles. The van der Waals surface area contributed by atoms with Crippen LogP contribution in [0.5, 0.6) is 5.75 Å². The van der Waals surface area contributed by atoms with Crippen molar-refractivity contribution < 1.29 is 19.1 Å². The molecule has 0 amide bonds. The van der Waals surface area contributed by atoms with Gasteiger partial charge in [-0.25, -0.2) is 0 Å². The third kappa shape index (κ3) is 3.96. The molecule has 3 rings (SSSR count). The average Bonchev–Trinajstić information content (AvgIpc) is 2.83. The van der Waals surface area contributed by atoms with Crippen LogP contribution in [0.15, 0.2) is 24.3 Å². The van der Waals surface area contributed by atoms with E-state index in [9.17, 15) is 9.59 Å². The highest BCUT2D eigenvalue weighted by atomic mass is 16.5. The minimum atomic E-state index is -0.106. The zero-order valence-electron chi connectivity index (χ0n) is 14.1. The molecule has 2 unspecified atom stereocenters. The summed E-state index contributed by atoms with van der Waals surface area (Å²) >= 11 is 0. The lowest BCUT2D eigenvalue weighted by Crippen LogP contribution is -2.47. The SMILES string of the molecule is CCOC(=O)CCN1C2CCC1CC(Oc1ccc(C=O)cc1)C2. The molecule has 2 atom stereocenters. The van der Waals surface area contributed by atoms with E-state index in [0.717, 1.165) is 31.4 Å². The molecule has 2 fully saturated rings. The highest BCUT2D eigenvalue weighted by Crippen LogP contribution is 2.37. The molecule has 24 heavy (non-hydrogen) atoms. The Morgan fingerprint density at radius 1 is 1.21 bits per heavy atom. The van der Waals surface area contributed by atoms with Crippen molar-refractivity contribution >= 4 is 12.3 Å². The summed E-state index contributed by atoms with van der Waals surface area (Å²) in [6.45, 7) is 3.07. The van der Waals surface area contributed by atoms with Gasteiger partial charge in [-0.05, 0) is 56.9 Å². The quantitative estimate of drug-likeness (QED) is 0.568. The lowest BCUT2D eigenvalue weighted by atomic mass is 9.99. The Morgan fingerprint density at radius 3 is 2.46 bits per heavy atom. The van der Waals surface area contributed by atoms with Gasteiger partial charge in [0.25, 0.3) is 0 Å². The van der Waals surface area contributed by atoms with Crippen LogP contribution in [0.1, 0.15) is 49.4 Å². The number of ether oxygens (including phenoxy) is 2. The maximum atomic E-state index is 11.6. The van der Waals surface area contributed by atoms with Gasteiger partial charge < -0.3 is 9.47 Å². The Bertz CT molecular complexity index is 557. The molecular formula is C19H25NO4. The number of benzene rings is 1. The number of hydrogen-bond donors (Lipinski definition) is 0. The smallest absolute Gasteiger partial charge is 0.307 e. The zero-order valence-corrected chi connectivity index (χ0v) is 14.1. The summed E-state index contributed by atoms with van der Waals surface area (Å²) in [5.41, 5.74) is 0.663. The van der Waals surface area contributed by atoms with Crippen LogP contribution in [-0.2, 0) is 9.53 Å². The van der Waals surface area contributed by atoms with Gasteiger partial charge in [0, 0.05) is 24.2 Å². The summed E-state index contributed by atoms with van der Waals surface area (Å²) in [6.07, 6.45) is 5.87. The summed E-state index contributed by atoms with van der Waals surface area (Å²) in [6, 6.07) is 8.28. The first-order chi connectivity index (χ1) is 11.7. The maximum Gasteiger partial charge on any atom is 0.307 e. The molecule has 0 radical (unpaired) electrons. The maximum absolute atomic E-state index is 11.6. The van der Waals surface area contributed by atoms with Crippen molar-refractivity contribution in [3.63, 3.8) is 0 Å². The molecule has 2 saturated heterocycles. The molecule has 130 valence electrons. The van der Waals surface area contributed by atoms with E-state index in [2.05, 4.69) is 4.90 Å². The van der Waals surface area contributed by atoms with Crippen LogP contribution >= 0.6 is 0 Å². The lowest BCUT2D eigenvalue weighted by Gasteiger charge is -2.38. The number of fused-ring (bicyclic) bond motifs is 2. The summed E-state index contributed by atoms with van der Waals surface area (Å²) in [4.78, 5) is 24.8. The first-order valence-corrected chi connectivity index (χ1v) is 8.83. The van der Waals surface area contributed by atoms with Gasteiger partial charge in [-0.15, -0.1) is 0 Å². The van der Waals surface area contributed by atoms with Crippen LogP contribution in [0.25, 0.3) is 0 Å². The first kappa shape index (κ1) is 17.0. The predicted octanol–water partition coefficient (Wildman–Crippen LogP) is 2.83. The highest BCUT2D eigenvalue weighted by Gasteiger charge is 2.41. The van der Waals surface area contributed by atoms with Crippen molar-refractivity contribution in [2.75, 3.05) is 13.2 Å². The van der Waals surface area contributed by atoms with E-state index < -0.39 is 0 Å². The molecule has 0 aliphatic carbocycles. The topological polar surface area (TPSA) is 55.8 Å². The summed E-state index contributed by atoms with van der Waals surface area (Å²) < 4.78 is 11.1. The molecule has 2 bridgehead atoms. The second-order valence-corrected chi connectivity index (χ2v) is 6.58. The van der Waals surface area contributed by atoms with Crippen molar-refractivity contribution in [1.29, 1.82) is 0 Å². The number of aldehydes is 1. The molecular weight excluding hydrogens is 306 g/mol. The first-order valence-electron chi connectivity index (χ1n) is 8.83. The molecule has 2 aliphatic heterocycles. The standard InChI is InChI=1S/C19H25NO4/c1-2-23-19(22)9-10-20-15-5-6-16(20)12-18(11-15)24-17-7-3-14(13-21)4-8-17/h3-4,7-8,13,15-16,18H,2,5-6,9-12H2,1H3. The van der Waals surface area contributed by atoms with Gasteiger partial charge in [-0.1, -0.05) is 0 Å². The van der Waals surface area contributed by atoms with E-state index in [1.54, 1.807) is 12.1 Å². The Kier molecular flexibility index (Phi) is 5.51.